The van der Waals surface area contributed by atoms with E-state index in [1.165, 1.54) is 33.1 Å². The number of thioether (sulfide) groups is 1. The Balaban J connectivity index is 1.79. The van der Waals surface area contributed by atoms with Crippen molar-refractivity contribution in [2.24, 2.45) is 5.92 Å². The summed E-state index contributed by atoms with van der Waals surface area (Å²) in [4.78, 5) is 40.6. The first kappa shape index (κ1) is 25.5. The van der Waals surface area contributed by atoms with E-state index < -0.39 is 17.4 Å². The number of benzene rings is 2. The Morgan fingerprint density at radius 2 is 1.78 bits per heavy atom. The van der Waals surface area contributed by atoms with Crippen LogP contribution in [0.3, 0.4) is 0 Å². The average Bonchev–Trinajstić information content (AvgIpc) is 2.84. The second kappa shape index (κ2) is 9.61. The van der Waals surface area contributed by atoms with Crippen molar-refractivity contribution < 1.29 is 33.0 Å². The van der Waals surface area contributed by atoms with Crippen molar-refractivity contribution in [2.75, 3.05) is 20.7 Å². The van der Waals surface area contributed by atoms with Crippen molar-refractivity contribution >= 4 is 29.5 Å². The zero-order chi connectivity index (χ0) is 26.5. The van der Waals surface area contributed by atoms with Crippen LogP contribution in [0, 0.1) is 11.7 Å². The van der Waals surface area contributed by atoms with E-state index in [4.69, 9.17) is 14.2 Å². The van der Waals surface area contributed by atoms with Crippen molar-refractivity contribution in [2.45, 2.75) is 48.3 Å². The molecule has 2 aliphatic carbocycles. The van der Waals surface area contributed by atoms with Crippen LogP contribution in [-0.2, 0) is 24.5 Å². The van der Waals surface area contributed by atoms with Gasteiger partial charge < -0.3 is 19.1 Å². The summed E-state index contributed by atoms with van der Waals surface area (Å²) >= 11 is 1.59. The summed E-state index contributed by atoms with van der Waals surface area (Å²) in [6.07, 6.45) is 2.73. The molecular formula is C28H28FNO6S. The molecule has 5 rings (SSSR count). The summed E-state index contributed by atoms with van der Waals surface area (Å²) in [5.41, 5.74) is 0.943. The van der Waals surface area contributed by atoms with E-state index in [9.17, 15) is 18.8 Å². The van der Waals surface area contributed by atoms with Crippen LogP contribution < -0.4 is 9.47 Å². The highest BCUT2D eigenvalue weighted by molar-refractivity contribution is 7.99. The van der Waals surface area contributed by atoms with Gasteiger partial charge in [0.1, 0.15) is 5.82 Å². The van der Waals surface area contributed by atoms with Gasteiger partial charge in [0.2, 0.25) is 0 Å². The van der Waals surface area contributed by atoms with E-state index in [0.717, 1.165) is 16.0 Å². The minimum absolute atomic E-state index is 0.0284. The third kappa shape index (κ3) is 4.34. The molecule has 2 aromatic rings. The van der Waals surface area contributed by atoms with Gasteiger partial charge in [0.15, 0.2) is 23.0 Å². The summed E-state index contributed by atoms with van der Waals surface area (Å²) < 4.78 is 30.4. The Hall–Kier alpha value is -3.17. The van der Waals surface area contributed by atoms with Crippen molar-refractivity contribution in [3.63, 3.8) is 0 Å². The number of carbonyl (C=O) groups is 3. The molecule has 0 amide bonds. The quantitative estimate of drug-likeness (QED) is 0.414. The van der Waals surface area contributed by atoms with Crippen LogP contribution in [0.2, 0.25) is 0 Å². The lowest BCUT2D eigenvalue weighted by Gasteiger charge is -2.59. The fourth-order valence-corrected chi connectivity index (χ4v) is 7.58. The number of nitrogens with zero attached hydrogens (tertiary/aromatic N) is 1. The van der Waals surface area contributed by atoms with E-state index in [0.29, 0.717) is 18.7 Å². The van der Waals surface area contributed by atoms with Gasteiger partial charge in [-0.2, -0.15) is 0 Å². The molecule has 1 saturated heterocycles. The Kier molecular flexibility index (Phi) is 6.62. The number of carbonyl (C=O) groups excluding carboxylic acids is 3. The molecular weight excluding hydrogens is 497 g/mol. The van der Waals surface area contributed by atoms with E-state index in [-0.39, 0.29) is 46.7 Å². The summed E-state index contributed by atoms with van der Waals surface area (Å²) in [5, 5.41) is -0.160. The lowest BCUT2D eigenvalue weighted by molar-refractivity contribution is -0.134. The second-order valence-corrected chi connectivity index (χ2v) is 11.0. The molecule has 0 radical (unpaired) electrons. The highest BCUT2D eigenvalue weighted by Crippen LogP contribution is 2.63. The number of hydrogen-bond acceptors (Lipinski definition) is 8. The van der Waals surface area contributed by atoms with Gasteiger partial charge in [-0.05, 0) is 62.0 Å². The monoisotopic (exact) mass is 525 g/mol. The van der Waals surface area contributed by atoms with Gasteiger partial charge >= 0.3 is 11.9 Å². The number of likely N-dealkylation sites (N-methyl/N-ethyl adjacent to an activating group) is 1. The molecule has 1 heterocycles. The first-order valence-electron chi connectivity index (χ1n) is 12.1. The van der Waals surface area contributed by atoms with Crippen molar-refractivity contribution in [1.82, 2.24) is 4.90 Å². The maximum Gasteiger partial charge on any atom is 0.308 e. The van der Waals surface area contributed by atoms with Gasteiger partial charge in [0.25, 0.3) is 0 Å². The highest BCUT2D eigenvalue weighted by atomic mass is 32.2. The smallest absolute Gasteiger partial charge is 0.308 e. The van der Waals surface area contributed by atoms with Gasteiger partial charge in [-0.1, -0.05) is 6.07 Å². The summed E-state index contributed by atoms with van der Waals surface area (Å²) in [7, 11) is 3.56. The van der Waals surface area contributed by atoms with Crippen molar-refractivity contribution in [1.29, 1.82) is 0 Å². The molecule has 1 aliphatic heterocycles. The van der Waals surface area contributed by atoms with Crippen LogP contribution in [-0.4, -0.2) is 49.4 Å². The Morgan fingerprint density at radius 3 is 2.43 bits per heavy atom. The van der Waals surface area contributed by atoms with E-state index in [2.05, 4.69) is 11.9 Å². The Bertz CT molecular complexity index is 1310. The second-order valence-electron chi connectivity index (χ2n) is 9.77. The van der Waals surface area contributed by atoms with Gasteiger partial charge in [0.05, 0.1) is 12.4 Å². The summed E-state index contributed by atoms with van der Waals surface area (Å²) in [6, 6.07) is 9.85. The number of allylic oxidation sites excluding steroid dienone is 1. The standard InChI is InChI=1S/C28H28FNO6S/c1-15(31)35-22-10-9-19-24(26(22)36-16(2)32)28-11-12-30(3)25(20(28)13-23(34-4)21(33)14-28)27(19)37-18-7-5-17(29)6-8-18/h5-10,13,20,25,27H,11-12,14H2,1-4H3/t20-,25-,27-,28-/m1/s1. The van der Waals surface area contributed by atoms with Gasteiger partial charge in [-0.15, -0.1) is 11.8 Å². The highest BCUT2D eigenvalue weighted by Gasteiger charge is 2.60. The number of methoxy groups -OCH3 is 1. The van der Waals surface area contributed by atoms with Crippen LogP contribution in [0.15, 0.2) is 53.1 Å². The maximum absolute atomic E-state index is 13.7. The van der Waals surface area contributed by atoms with Crippen LogP contribution in [0.1, 0.15) is 43.1 Å². The largest absolute Gasteiger partial charge is 0.493 e. The minimum atomic E-state index is -0.674. The molecule has 2 aromatic carbocycles. The maximum atomic E-state index is 13.7. The third-order valence-corrected chi connectivity index (χ3v) is 8.90. The summed E-state index contributed by atoms with van der Waals surface area (Å²) in [5.74, 6) is -1.04. The van der Waals surface area contributed by atoms with Crippen LogP contribution >= 0.6 is 11.8 Å². The van der Waals surface area contributed by atoms with Gasteiger partial charge in [-0.3, -0.25) is 14.4 Å². The number of ether oxygens (including phenoxy) is 3. The van der Waals surface area contributed by atoms with Crippen LogP contribution in [0.25, 0.3) is 0 Å². The first-order valence-corrected chi connectivity index (χ1v) is 13.0. The number of fused-ring (bicyclic) bond motifs is 1. The number of halogens is 1. The van der Waals surface area contributed by atoms with Crippen molar-refractivity contribution in [3.8, 4) is 11.5 Å². The number of Topliss-reactive ketones (excluding diaryl/α,β-unsaturated/α-hetero) is 1. The van der Waals surface area contributed by atoms with E-state index in [1.807, 2.05) is 12.1 Å². The predicted molar refractivity (Wildman–Crippen MR) is 135 cm³/mol. The number of hydrogen-bond donors (Lipinski definition) is 0. The molecule has 9 heteroatoms. The SMILES string of the molecule is COC1=C[C@@H]2[C@@H]3[C@H](Sc4ccc(F)cc4)c4ccc(OC(C)=O)c(OC(C)=O)c4[C@]2(CCN3C)CC1=O. The van der Waals surface area contributed by atoms with Crippen LogP contribution in [0.4, 0.5) is 4.39 Å². The molecule has 0 spiro atoms. The van der Waals surface area contributed by atoms with Gasteiger partial charge in [-0.25, -0.2) is 4.39 Å². The molecule has 2 bridgehead atoms. The average molecular weight is 526 g/mol. The van der Waals surface area contributed by atoms with E-state index in [1.54, 1.807) is 30.0 Å². The predicted octanol–water partition coefficient (Wildman–Crippen LogP) is 4.58. The molecule has 194 valence electrons. The Labute approximate surface area is 218 Å². The number of rotatable bonds is 5. The number of esters is 2. The number of likely N-dealkylation sites (tertiary alicyclic amines) is 1. The molecule has 7 nitrogen and oxygen atoms in total. The fourth-order valence-electron chi connectivity index (χ4n) is 6.15. The fraction of sp³-hybridized carbons (Fsp3) is 0.393. The van der Waals surface area contributed by atoms with E-state index >= 15 is 0 Å². The normalized spacial score (nSPS) is 26.5. The molecule has 3 aliphatic rings. The minimum Gasteiger partial charge on any atom is -0.493 e. The zero-order valence-corrected chi connectivity index (χ0v) is 21.9. The molecule has 0 saturated carbocycles. The number of piperidine rings is 1. The summed E-state index contributed by atoms with van der Waals surface area (Å²) in [6.45, 7) is 3.29. The molecule has 4 atom stereocenters. The number of ketones is 1. The first-order chi connectivity index (χ1) is 17.6. The Morgan fingerprint density at radius 1 is 1.08 bits per heavy atom. The molecule has 0 unspecified atom stereocenters. The third-order valence-electron chi connectivity index (χ3n) is 7.57. The van der Waals surface area contributed by atoms with Crippen molar-refractivity contribution in [3.05, 3.63) is 65.2 Å². The van der Waals surface area contributed by atoms with Gasteiger partial charge in [0, 0.05) is 48.1 Å². The molecule has 0 N–H and O–H groups in total. The molecule has 37 heavy (non-hydrogen) atoms. The molecule has 1 fully saturated rings. The zero-order valence-electron chi connectivity index (χ0n) is 21.1. The lowest BCUT2D eigenvalue weighted by atomic mass is 9.53. The lowest BCUT2D eigenvalue weighted by Crippen LogP contribution is -2.61. The molecule has 0 aromatic heterocycles. The topological polar surface area (TPSA) is 82.1 Å². The van der Waals surface area contributed by atoms with Crippen LogP contribution in [0.5, 0.6) is 11.5 Å².